The lowest BCUT2D eigenvalue weighted by molar-refractivity contribution is -0.138. The van der Waals surface area contributed by atoms with E-state index in [1.54, 1.807) is 29.1 Å². The molecule has 0 N–H and O–H groups in total. The fraction of sp³-hybridized carbons (Fsp3) is 0.217. The molecule has 0 aliphatic carbocycles. The van der Waals surface area contributed by atoms with Gasteiger partial charge in [-0.3, -0.25) is 4.57 Å². The van der Waals surface area contributed by atoms with Crippen LogP contribution in [0.1, 0.15) is 29.0 Å². The Kier molecular flexibility index (Phi) is 5.91. The second-order valence-corrected chi connectivity index (χ2v) is 8.08. The maximum atomic E-state index is 13.4. The summed E-state index contributed by atoms with van der Waals surface area (Å²) in [5.74, 6) is 1.24. The van der Waals surface area contributed by atoms with E-state index < -0.39 is 17.8 Å². The number of hydrogen-bond acceptors (Lipinski definition) is 6. The van der Waals surface area contributed by atoms with E-state index in [4.69, 9.17) is 14.2 Å². The van der Waals surface area contributed by atoms with Crippen LogP contribution in [-0.2, 0) is 6.18 Å². The van der Waals surface area contributed by atoms with Gasteiger partial charge in [-0.25, -0.2) is 4.98 Å². The van der Waals surface area contributed by atoms with Crippen molar-refractivity contribution < 1.29 is 27.4 Å². The number of nitriles is 1. The van der Waals surface area contributed by atoms with Gasteiger partial charge in [0.2, 0.25) is 0 Å². The molecule has 1 atom stereocenters. The molecular formula is C23H18F3N3O3S. The number of alkyl halides is 3. The van der Waals surface area contributed by atoms with Gasteiger partial charge in [-0.1, -0.05) is 18.2 Å². The topological polar surface area (TPSA) is 69.3 Å². The van der Waals surface area contributed by atoms with Crippen LogP contribution in [0, 0.1) is 11.3 Å². The molecular weight excluding hydrogens is 455 g/mol. The van der Waals surface area contributed by atoms with E-state index in [9.17, 15) is 18.4 Å². The quantitative estimate of drug-likeness (QED) is 0.337. The second kappa shape index (κ2) is 8.67. The number of thiophene rings is 1. The molecule has 0 unspecified atom stereocenters. The maximum Gasteiger partial charge on any atom is 0.416 e. The molecule has 0 amide bonds. The van der Waals surface area contributed by atoms with Gasteiger partial charge in [0.15, 0.2) is 17.2 Å². The average molecular weight is 473 g/mol. The zero-order valence-electron chi connectivity index (χ0n) is 17.8. The van der Waals surface area contributed by atoms with Crippen LogP contribution in [0.3, 0.4) is 0 Å². The number of imidazole rings is 1. The van der Waals surface area contributed by atoms with E-state index in [0.717, 1.165) is 17.4 Å². The molecule has 2 heterocycles. The molecule has 0 radical (unpaired) electrons. The van der Waals surface area contributed by atoms with Gasteiger partial charge >= 0.3 is 6.18 Å². The number of fused-ring (bicyclic) bond motifs is 1. The molecule has 6 nitrogen and oxygen atoms in total. The van der Waals surface area contributed by atoms with Gasteiger partial charge in [-0.15, -0.1) is 11.3 Å². The van der Waals surface area contributed by atoms with Crippen LogP contribution in [-0.4, -0.2) is 23.8 Å². The van der Waals surface area contributed by atoms with Crippen molar-refractivity contribution in [3.63, 3.8) is 0 Å². The minimum absolute atomic E-state index is 0.00782. The first-order valence-electron chi connectivity index (χ1n) is 9.73. The molecule has 0 saturated carbocycles. The van der Waals surface area contributed by atoms with Crippen molar-refractivity contribution in [3.8, 4) is 28.3 Å². The fourth-order valence-electron chi connectivity index (χ4n) is 3.52. The molecule has 0 saturated heterocycles. The Hall–Kier alpha value is -3.71. The first-order valence-corrected chi connectivity index (χ1v) is 10.5. The fourth-order valence-corrected chi connectivity index (χ4v) is 4.39. The van der Waals surface area contributed by atoms with Gasteiger partial charge < -0.3 is 14.2 Å². The van der Waals surface area contributed by atoms with E-state index >= 15 is 0 Å². The van der Waals surface area contributed by atoms with Crippen molar-refractivity contribution in [1.29, 1.82) is 5.26 Å². The largest absolute Gasteiger partial charge is 0.493 e. The molecule has 0 fully saturated rings. The minimum atomic E-state index is -4.51. The summed E-state index contributed by atoms with van der Waals surface area (Å²) < 4.78 is 58.5. The van der Waals surface area contributed by atoms with Crippen molar-refractivity contribution >= 4 is 22.4 Å². The average Bonchev–Trinajstić information content (AvgIpc) is 3.40. The van der Waals surface area contributed by atoms with Crippen LogP contribution in [0.4, 0.5) is 13.2 Å². The predicted octanol–water partition coefficient (Wildman–Crippen LogP) is 6.13. The Morgan fingerprint density at radius 3 is 2.42 bits per heavy atom. The second-order valence-electron chi connectivity index (χ2n) is 7.05. The minimum Gasteiger partial charge on any atom is -0.493 e. The van der Waals surface area contributed by atoms with Crippen molar-refractivity contribution in [1.82, 2.24) is 9.55 Å². The highest BCUT2D eigenvalue weighted by molar-refractivity contribution is 7.15. The molecule has 0 spiro atoms. The molecule has 33 heavy (non-hydrogen) atoms. The molecule has 4 rings (SSSR count). The maximum absolute atomic E-state index is 13.4. The Morgan fingerprint density at radius 1 is 1.06 bits per heavy atom. The molecule has 170 valence electrons. The van der Waals surface area contributed by atoms with Crippen LogP contribution in [0.5, 0.6) is 17.2 Å². The lowest BCUT2D eigenvalue weighted by Crippen LogP contribution is -2.13. The van der Waals surface area contributed by atoms with Crippen LogP contribution in [0.15, 0.2) is 48.8 Å². The highest BCUT2D eigenvalue weighted by Gasteiger charge is 2.34. The van der Waals surface area contributed by atoms with Gasteiger partial charge in [0.25, 0.3) is 0 Å². The first-order chi connectivity index (χ1) is 15.8. The number of hydrogen-bond donors (Lipinski definition) is 0. The summed E-state index contributed by atoms with van der Waals surface area (Å²) in [6.45, 7) is 1.52. The highest BCUT2D eigenvalue weighted by atomic mass is 32.1. The van der Waals surface area contributed by atoms with Crippen LogP contribution in [0.2, 0.25) is 0 Å². The summed E-state index contributed by atoms with van der Waals surface area (Å²) in [6.07, 6.45) is -3.86. The predicted molar refractivity (Wildman–Crippen MR) is 117 cm³/mol. The van der Waals surface area contributed by atoms with Gasteiger partial charge in [0.05, 0.1) is 30.8 Å². The first kappa shape index (κ1) is 22.5. The van der Waals surface area contributed by atoms with Gasteiger partial charge in [0, 0.05) is 23.8 Å². The summed E-state index contributed by atoms with van der Waals surface area (Å²) in [5, 5.41) is 10.2. The number of halogens is 3. The Balaban J connectivity index is 1.72. The van der Waals surface area contributed by atoms with Gasteiger partial charge in [0.1, 0.15) is 28.4 Å². The summed E-state index contributed by atoms with van der Waals surface area (Å²) in [4.78, 5) is 4.62. The lowest BCUT2D eigenvalue weighted by Gasteiger charge is -2.19. The van der Waals surface area contributed by atoms with Gasteiger partial charge in [-0.05, 0) is 13.0 Å². The Bertz CT molecular complexity index is 1350. The normalized spacial score (nSPS) is 12.4. The molecule has 4 aromatic rings. The Morgan fingerprint density at radius 2 is 1.76 bits per heavy atom. The lowest BCUT2D eigenvalue weighted by atomic mass is 10.0. The number of rotatable bonds is 6. The molecule has 10 heteroatoms. The van der Waals surface area contributed by atoms with E-state index in [-0.39, 0.29) is 16.2 Å². The van der Waals surface area contributed by atoms with Crippen molar-refractivity contribution in [2.75, 3.05) is 14.2 Å². The highest BCUT2D eigenvalue weighted by Crippen LogP contribution is 2.40. The molecule has 0 aliphatic rings. The summed E-state index contributed by atoms with van der Waals surface area (Å²) in [5.41, 5.74) is 0.578. The van der Waals surface area contributed by atoms with E-state index in [0.29, 0.717) is 27.5 Å². The van der Waals surface area contributed by atoms with E-state index in [1.807, 2.05) is 0 Å². The van der Waals surface area contributed by atoms with E-state index in [2.05, 4.69) is 11.1 Å². The summed E-state index contributed by atoms with van der Waals surface area (Å²) in [7, 11) is 3.05. The number of methoxy groups -OCH3 is 2. The van der Waals surface area contributed by atoms with E-state index in [1.165, 1.54) is 39.3 Å². The SMILES string of the molecule is COc1cc2ncn(-c3cc(O[C@H](C)c4ccccc4C(F)(F)F)c(C#N)s3)c2cc1OC. The zero-order valence-corrected chi connectivity index (χ0v) is 18.6. The number of benzene rings is 2. The molecule has 2 aromatic heterocycles. The van der Waals surface area contributed by atoms with Crippen LogP contribution >= 0.6 is 11.3 Å². The summed E-state index contributed by atoms with van der Waals surface area (Å²) >= 11 is 1.14. The van der Waals surface area contributed by atoms with Crippen molar-refractivity contribution in [2.24, 2.45) is 0 Å². The number of nitrogens with zero attached hydrogens (tertiary/aromatic N) is 3. The standard InChI is InChI=1S/C23H18F3N3O3S/c1-13(14-6-4-5-7-15(14)23(24,25)26)32-20-10-22(33-21(20)11-27)29-12-28-16-8-18(30-2)19(31-3)9-17(16)29/h4-10,12-13H,1-3H3/t13-/m1/s1. The Labute approximate surface area is 191 Å². The third-order valence-electron chi connectivity index (χ3n) is 5.08. The smallest absolute Gasteiger partial charge is 0.416 e. The monoisotopic (exact) mass is 473 g/mol. The molecule has 2 aromatic carbocycles. The third-order valence-corrected chi connectivity index (χ3v) is 6.10. The van der Waals surface area contributed by atoms with Crippen molar-refractivity contribution in [3.05, 3.63) is 64.8 Å². The van der Waals surface area contributed by atoms with Crippen LogP contribution < -0.4 is 14.2 Å². The van der Waals surface area contributed by atoms with Crippen LogP contribution in [0.25, 0.3) is 16.0 Å². The van der Waals surface area contributed by atoms with Crippen molar-refractivity contribution in [2.45, 2.75) is 19.2 Å². The zero-order chi connectivity index (χ0) is 23.8. The molecule has 0 aliphatic heterocycles. The third kappa shape index (κ3) is 4.19. The summed E-state index contributed by atoms with van der Waals surface area (Å²) in [6, 6.07) is 12.4. The molecule has 0 bridgehead atoms. The van der Waals surface area contributed by atoms with Gasteiger partial charge in [-0.2, -0.15) is 18.4 Å². The number of aromatic nitrogens is 2. The number of ether oxygens (including phenoxy) is 3.